The monoisotopic (exact) mass is 285 g/mol. The molecule has 0 aliphatic rings. The number of ether oxygens (including phenoxy) is 1. The molecule has 0 amide bonds. The number of rotatable bonds is 8. The van der Waals surface area contributed by atoms with Crippen molar-refractivity contribution in [2.45, 2.75) is 20.3 Å². The zero-order chi connectivity index (χ0) is 14.4. The van der Waals surface area contributed by atoms with Gasteiger partial charge in [-0.2, -0.15) is 0 Å². The molecule has 0 aromatic heterocycles. The first-order chi connectivity index (χ1) is 8.85. The lowest BCUT2D eigenvalue weighted by Crippen LogP contribution is -2.37. The summed E-state index contributed by atoms with van der Waals surface area (Å²) in [6, 6.07) is 10.1. The largest absolute Gasteiger partial charge is 0.384 e. The third-order valence-corrected chi connectivity index (χ3v) is 4.14. The molecule has 5 heteroatoms. The van der Waals surface area contributed by atoms with Gasteiger partial charge in [-0.15, -0.1) is 0 Å². The average molecular weight is 285 g/mol. The summed E-state index contributed by atoms with van der Waals surface area (Å²) in [5.41, 5.74) is 1.09. The number of hydrogen-bond acceptors (Lipinski definition) is 3. The van der Waals surface area contributed by atoms with Gasteiger partial charge >= 0.3 is 0 Å². The fourth-order valence-corrected chi connectivity index (χ4v) is 2.92. The Labute approximate surface area is 116 Å². The summed E-state index contributed by atoms with van der Waals surface area (Å²) in [5, 5.41) is 0. The van der Waals surface area contributed by atoms with Crippen LogP contribution in [-0.2, 0) is 21.2 Å². The number of sulfonamides is 1. The van der Waals surface area contributed by atoms with Crippen molar-refractivity contribution in [3.63, 3.8) is 0 Å². The van der Waals surface area contributed by atoms with E-state index in [0.717, 1.165) is 6.42 Å². The maximum Gasteiger partial charge on any atom is 0.213 e. The minimum Gasteiger partial charge on any atom is -0.384 e. The lowest BCUT2D eigenvalue weighted by molar-refractivity contribution is 0.216. The molecule has 1 N–H and O–H groups in total. The Balaban J connectivity index is 2.51. The normalized spacial score (nSPS) is 12.6. The number of methoxy groups -OCH3 is 1. The number of benzene rings is 1. The van der Waals surface area contributed by atoms with E-state index in [4.69, 9.17) is 4.74 Å². The zero-order valence-corrected chi connectivity index (χ0v) is 12.7. The maximum absolute atomic E-state index is 11.7. The first-order valence-corrected chi connectivity index (χ1v) is 8.00. The van der Waals surface area contributed by atoms with Crippen LogP contribution in [0.4, 0.5) is 0 Å². The summed E-state index contributed by atoms with van der Waals surface area (Å²) >= 11 is 0. The lowest BCUT2D eigenvalue weighted by Gasteiger charge is -2.25. The molecule has 108 valence electrons. The van der Waals surface area contributed by atoms with Crippen LogP contribution >= 0.6 is 0 Å². The minimum atomic E-state index is -3.24. The van der Waals surface area contributed by atoms with Gasteiger partial charge in [0.25, 0.3) is 0 Å². The highest BCUT2D eigenvalue weighted by Crippen LogP contribution is 2.20. The van der Waals surface area contributed by atoms with Gasteiger partial charge in [0.05, 0.1) is 12.4 Å². The molecule has 0 saturated carbocycles. The van der Waals surface area contributed by atoms with Crippen LogP contribution in [0.3, 0.4) is 0 Å². The van der Waals surface area contributed by atoms with E-state index in [2.05, 4.69) is 30.7 Å². The predicted octanol–water partition coefficient (Wildman–Crippen LogP) is 1.82. The van der Waals surface area contributed by atoms with Gasteiger partial charge in [-0.05, 0) is 17.4 Å². The zero-order valence-electron chi connectivity index (χ0n) is 11.8. The average Bonchev–Trinajstić information content (AvgIpc) is 2.35. The van der Waals surface area contributed by atoms with Gasteiger partial charge in [-0.3, -0.25) is 0 Å². The smallest absolute Gasteiger partial charge is 0.213 e. The summed E-state index contributed by atoms with van der Waals surface area (Å²) in [6.07, 6.45) is 0.834. The minimum absolute atomic E-state index is 0.00488. The van der Waals surface area contributed by atoms with E-state index in [-0.39, 0.29) is 17.8 Å². The van der Waals surface area contributed by atoms with Gasteiger partial charge in [0.2, 0.25) is 10.0 Å². The second-order valence-electron chi connectivity index (χ2n) is 5.46. The number of nitrogens with one attached hydrogen (secondary N) is 1. The van der Waals surface area contributed by atoms with Crippen molar-refractivity contribution in [2.75, 3.05) is 26.0 Å². The summed E-state index contributed by atoms with van der Waals surface area (Å²) in [4.78, 5) is 0. The Bertz CT molecular complexity index is 469. The summed E-state index contributed by atoms with van der Waals surface area (Å²) in [5.74, 6) is 0.00488. The molecule has 19 heavy (non-hydrogen) atoms. The first kappa shape index (κ1) is 16.1. The Morgan fingerprint density at radius 3 is 2.42 bits per heavy atom. The Hall–Kier alpha value is -0.910. The van der Waals surface area contributed by atoms with Gasteiger partial charge in [-0.1, -0.05) is 44.2 Å². The van der Waals surface area contributed by atoms with Crippen molar-refractivity contribution in [1.82, 2.24) is 4.72 Å². The molecular formula is C14H23NO3S. The van der Waals surface area contributed by atoms with Crippen molar-refractivity contribution in [1.29, 1.82) is 0 Å². The summed E-state index contributed by atoms with van der Waals surface area (Å²) in [7, 11) is -1.75. The predicted molar refractivity (Wildman–Crippen MR) is 77.6 cm³/mol. The van der Waals surface area contributed by atoms with Gasteiger partial charge < -0.3 is 4.74 Å². The van der Waals surface area contributed by atoms with Crippen LogP contribution in [-0.4, -0.2) is 34.4 Å². The van der Waals surface area contributed by atoms with Gasteiger partial charge in [0.1, 0.15) is 0 Å². The second kappa shape index (κ2) is 7.03. The van der Waals surface area contributed by atoms with E-state index in [0.29, 0.717) is 6.54 Å². The molecule has 1 aromatic carbocycles. The lowest BCUT2D eigenvalue weighted by atomic mass is 9.86. The molecule has 0 aliphatic heterocycles. The van der Waals surface area contributed by atoms with E-state index in [1.807, 2.05) is 18.2 Å². The molecule has 0 saturated heterocycles. The molecule has 0 bridgehead atoms. The van der Waals surface area contributed by atoms with Crippen LogP contribution in [0.1, 0.15) is 19.4 Å². The third kappa shape index (κ3) is 6.71. The summed E-state index contributed by atoms with van der Waals surface area (Å²) in [6.45, 7) is 4.75. The van der Waals surface area contributed by atoms with Crippen LogP contribution in [0, 0.1) is 5.41 Å². The van der Waals surface area contributed by atoms with E-state index < -0.39 is 10.0 Å². The van der Waals surface area contributed by atoms with Crippen LogP contribution in [0.2, 0.25) is 0 Å². The molecule has 1 rings (SSSR count). The number of hydrogen-bond donors (Lipinski definition) is 1. The van der Waals surface area contributed by atoms with E-state index in [9.17, 15) is 8.42 Å². The Kier molecular flexibility index (Phi) is 5.97. The Morgan fingerprint density at radius 2 is 1.84 bits per heavy atom. The molecule has 0 atom stereocenters. The van der Waals surface area contributed by atoms with E-state index in [1.165, 1.54) is 12.7 Å². The van der Waals surface area contributed by atoms with Gasteiger partial charge in [0, 0.05) is 13.7 Å². The fraction of sp³-hybridized carbons (Fsp3) is 0.571. The van der Waals surface area contributed by atoms with Crippen molar-refractivity contribution < 1.29 is 13.2 Å². The molecule has 0 fully saturated rings. The quantitative estimate of drug-likeness (QED) is 0.792. The van der Waals surface area contributed by atoms with Crippen LogP contribution < -0.4 is 4.72 Å². The third-order valence-electron chi connectivity index (χ3n) is 2.85. The van der Waals surface area contributed by atoms with Crippen LogP contribution in [0.5, 0.6) is 0 Å². The van der Waals surface area contributed by atoms with Crippen molar-refractivity contribution in [2.24, 2.45) is 5.41 Å². The van der Waals surface area contributed by atoms with Crippen molar-refractivity contribution in [3.8, 4) is 0 Å². The standard InChI is InChI=1S/C14H23NO3S/c1-14(2,11-13-7-5-4-6-8-13)12-15-19(16,17)10-9-18-3/h4-8,15H,9-12H2,1-3H3. The van der Waals surface area contributed by atoms with Crippen LogP contribution in [0.15, 0.2) is 30.3 Å². The highest BCUT2D eigenvalue weighted by atomic mass is 32.2. The van der Waals surface area contributed by atoms with Gasteiger partial charge in [-0.25, -0.2) is 13.1 Å². The second-order valence-corrected chi connectivity index (χ2v) is 7.39. The molecule has 4 nitrogen and oxygen atoms in total. The highest BCUT2D eigenvalue weighted by molar-refractivity contribution is 7.89. The molecular weight excluding hydrogens is 262 g/mol. The molecule has 0 radical (unpaired) electrons. The molecule has 1 aromatic rings. The molecule has 0 unspecified atom stereocenters. The SMILES string of the molecule is COCCS(=O)(=O)NCC(C)(C)Cc1ccccc1. The van der Waals surface area contributed by atoms with E-state index in [1.54, 1.807) is 0 Å². The maximum atomic E-state index is 11.7. The summed E-state index contributed by atoms with van der Waals surface area (Å²) < 4.78 is 30.8. The van der Waals surface area contributed by atoms with Crippen LogP contribution in [0.25, 0.3) is 0 Å². The Morgan fingerprint density at radius 1 is 1.21 bits per heavy atom. The van der Waals surface area contributed by atoms with Crippen molar-refractivity contribution >= 4 is 10.0 Å². The fourth-order valence-electron chi connectivity index (χ4n) is 1.78. The topological polar surface area (TPSA) is 55.4 Å². The van der Waals surface area contributed by atoms with Crippen molar-refractivity contribution in [3.05, 3.63) is 35.9 Å². The molecule has 0 heterocycles. The molecule has 0 aliphatic carbocycles. The van der Waals surface area contributed by atoms with E-state index >= 15 is 0 Å². The van der Waals surface area contributed by atoms with Gasteiger partial charge in [0.15, 0.2) is 0 Å². The highest BCUT2D eigenvalue weighted by Gasteiger charge is 2.21. The molecule has 0 spiro atoms. The first-order valence-electron chi connectivity index (χ1n) is 6.35.